The highest BCUT2D eigenvalue weighted by Crippen LogP contribution is 2.29. The molecule has 0 fully saturated rings. The highest BCUT2D eigenvalue weighted by Gasteiger charge is 2.15. The van der Waals surface area contributed by atoms with Crippen LogP contribution in [0, 0.1) is 6.92 Å². The molecule has 3 aromatic rings. The smallest absolute Gasteiger partial charge is 0.340 e. The van der Waals surface area contributed by atoms with E-state index in [9.17, 15) is 4.79 Å². The first-order chi connectivity index (χ1) is 9.20. The predicted molar refractivity (Wildman–Crippen MR) is 76.5 cm³/mol. The lowest BCUT2D eigenvalue weighted by Gasteiger charge is -2.04. The van der Waals surface area contributed by atoms with E-state index >= 15 is 0 Å². The van der Waals surface area contributed by atoms with Gasteiger partial charge in [-0.25, -0.2) is 4.79 Å². The van der Waals surface area contributed by atoms with Gasteiger partial charge >= 0.3 is 5.97 Å². The second kappa shape index (κ2) is 4.43. The number of fused-ring (bicyclic) bond motifs is 3. The van der Waals surface area contributed by atoms with Gasteiger partial charge in [0, 0.05) is 16.3 Å². The summed E-state index contributed by atoms with van der Waals surface area (Å²) in [5.41, 5.74) is 3.55. The summed E-state index contributed by atoms with van der Waals surface area (Å²) < 4.78 is 5.13. The maximum Gasteiger partial charge on any atom is 0.340 e. The van der Waals surface area contributed by atoms with Crippen molar-refractivity contribution in [3.63, 3.8) is 0 Å². The number of hydrogen-bond donors (Lipinski definition) is 1. The zero-order valence-electron chi connectivity index (χ0n) is 11.0. The first-order valence-corrected chi connectivity index (χ1v) is 6.39. The number of aryl methyl sites for hydroxylation is 1. The minimum absolute atomic E-state index is 0.275. The molecule has 0 saturated heterocycles. The molecule has 1 aromatic heterocycles. The van der Waals surface area contributed by atoms with Crippen LogP contribution in [0.15, 0.2) is 36.4 Å². The van der Waals surface area contributed by atoms with Crippen molar-refractivity contribution in [2.24, 2.45) is 0 Å². The van der Waals surface area contributed by atoms with Crippen LogP contribution in [-0.2, 0) is 4.74 Å². The van der Waals surface area contributed by atoms with Crippen LogP contribution in [0.1, 0.15) is 22.8 Å². The molecule has 19 heavy (non-hydrogen) atoms. The molecule has 0 unspecified atom stereocenters. The molecule has 0 aliphatic carbocycles. The maximum absolute atomic E-state index is 12.0. The van der Waals surface area contributed by atoms with E-state index in [0.29, 0.717) is 12.2 Å². The van der Waals surface area contributed by atoms with Crippen LogP contribution in [0.5, 0.6) is 0 Å². The van der Waals surface area contributed by atoms with Gasteiger partial charge in [0.05, 0.1) is 17.7 Å². The third kappa shape index (κ3) is 1.87. The summed E-state index contributed by atoms with van der Waals surface area (Å²) in [7, 11) is 0. The molecule has 1 N–H and O–H groups in total. The van der Waals surface area contributed by atoms with Crippen molar-refractivity contribution in [1.29, 1.82) is 0 Å². The molecule has 0 spiro atoms. The SMILES string of the molecule is CCOC(=O)c1cc(C)cc2c1[nH]c1ccccc12. The summed E-state index contributed by atoms with van der Waals surface area (Å²) in [4.78, 5) is 15.4. The lowest BCUT2D eigenvalue weighted by Crippen LogP contribution is -2.05. The standard InChI is InChI=1S/C16H15NO2/c1-3-19-16(18)13-9-10(2)8-12-11-6-4-5-7-14(11)17-15(12)13/h4-9,17H,3H2,1-2H3. The zero-order chi connectivity index (χ0) is 13.4. The monoisotopic (exact) mass is 253 g/mol. The van der Waals surface area contributed by atoms with Crippen molar-refractivity contribution in [2.75, 3.05) is 6.61 Å². The van der Waals surface area contributed by atoms with Crippen molar-refractivity contribution in [1.82, 2.24) is 4.98 Å². The maximum atomic E-state index is 12.0. The van der Waals surface area contributed by atoms with Gasteiger partial charge in [-0.3, -0.25) is 0 Å². The Morgan fingerprint density at radius 3 is 2.79 bits per heavy atom. The molecule has 0 saturated carbocycles. The largest absolute Gasteiger partial charge is 0.462 e. The number of hydrogen-bond acceptors (Lipinski definition) is 2. The molecule has 2 aromatic carbocycles. The average Bonchev–Trinajstić information content (AvgIpc) is 2.77. The van der Waals surface area contributed by atoms with E-state index in [0.717, 1.165) is 27.4 Å². The van der Waals surface area contributed by atoms with Crippen LogP contribution in [0.25, 0.3) is 21.8 Å². The van der Waals surface area contributed by atoms with Gasteiger partial charge in [0.1, 0.15) is 0 Å². The minimum atomic E-state index is -0.275. The summed E-state index contributed by atoms with van der Waals surface area (Å²) in [5.74, 6) is -0.275. The molecule has 96 valence electrons. The van der Waals surface area contributed by atoms with E-state index in [1.165, 1.54) is 0 Å². The fraction of sp³-hybridized carbons (Fsp3) is 0.188. The Labute approximate surface area is 111 Å². The number of carbonyl (C=O) groups is 1. The van der Waals surface area contributed by atoms with E-state index in [-0.39, 0.29) is 5.97 Å². The Morgan fingerprint density at radius 1 is 1.21 bits per heavy atom. The fourth-order valence-corrected chi connectivity index (χ4v) is 2.47. The minimum Gasteiger partial charge on any atom is -0.462 e. The summed E-state index contributed by atoms with van der Waals surface area (Å²) in [6.45, 7) is 4.19. The van der Waals surface area contributed by atoms with E-state index in [2.05, 4.69) is 17.1 Å². The van der Waals surface area contributed by atoms with E-state index in [1.807, 2.05) is 38.1 Å². The summed E-state index contributed by atoms with van der Waals surface area (Å²) in [6.07, 6.45) is 0. The molecule has 0 radical (unpaired) electrons. The van der Waals surface area contributed by atoms with Crippen molar-refractivity contribution >= 4 is 27.8 Å². The third-order valence-corrected chi connectivity index (χ3v) is 3.25. The molecule has 3 heteroatoms. The predicted octanol–water partition coefficient (Wildman–Crippen LogP) is 3.81. The lowest BCUT2D eigenvalue weighted by atomic mass is 10.1. The molecule has 1 heterocycles. The molecular weight excluding hydrogens is 238 g/mol. The van der Waals surface area contributed by atoms with Gasteiger partial charge in [-0.15, -0.1) is 0 Å². The van der Waals surface area contributed by atoms with Crippen LogP contribution < -0.4 is 0 Å². The van der Waals surface area contributed by atoms with E-state index in [4.69, 9.17) is 4.74 Å². The number of aromatic nitrogens is 1. The van der Waals surface area contributed by atoms with Crippen molar-refractivity contribution in [2.45, 2.75) is 13.8 Å². The van der Waals surface area contributed by atoms with Gasteiger partial charge in [0.15, 0.2) is 0 Å². The van der Waals surface area contributed by atoms with E-state index in [1.54, 1.807) is 0 Å². The second-order valence-corrected chi connectivity index (χ2v) is 4.63. The van der Waals surface area contributed by atoms with Gasteiger partial charge in [0.2, 0.25) is 0 Å². The van der Waals surface area contributed by atoms with Gasteiger partial charge in [-0.1, -0.05) is 18.2 Å². The molecule has 3 rings (SSSR count). The first kappa shape index (κ1) is 11.8. The Bertz CT molecular complexity index is 771. The lowest BCUT2D eigenvalue weighted by molar-refractivity contribution is 0.0528. The highest BCUT2D eigenvalue weighted by atomic mass is 16.5. The summed E-state index contributed by atoms with van der Waals surface area (Å²) >= 11 is 0. The van der Waals surface area contributed by atoms with Crippen LogP contribution in [0.4, 0.5) is 0 Å². The molecule has 0 amide bonds. The molecule has 0 bridgehead atoms. The first-order valence-electron chi connectivity index (χ1n) is 6.39. The number of aromatic amines is 1. The summed E-state index contributed by atoms with van der Waals surface area (Å²) in [6, 6.07) is 12.0. The average molecular weight is 253 g/mol. The van der Waals surface area contributed by atoms with Gasteiger partial charge in [-0.05, 0) is 37.6 Å². The number of H-pyrrole nitrogens is 1. The summed E-state index contributed by atoms with van der Waals surface area (Å²) in [5, 5.41) is 2.20. The van der Waals surface area contributed by atoms with Crippen LogP contribution in [0.2, 0.25) is 0 Å². The van der Waals surface area contributed by atoms with Crippen LogP contribution in [-0.4, -0.2) is 17.6 Å². The number of nitrogens with one attached hydrogen (secondary N) is 1. The molecule has 0 aliphatic heterocycles. The number of para-hydroxylation sites is 1. The zero-order valence-corrected chi connectivity index (χ0v) is 11.0. The van der Waals surface area contributed by atoms with Crippen molar-refractivity contribution in [3.05, 3.63) is 47.5 Å². The number of esters is 1. The topological polar surface area (TPSA) is 42.1 Å². The van der Waals surface area contributed by atoms with Gasteiger partial charge < -0.3 is 9.72 Å². The molecule has 0 aliphatic rings. The highest BCUT2D eigenvalue weighted by molar-refractivity contribution is 6.14. The molecular formula is C16H15NO2. The normalized spacial score (nSPS) is 11.1. The number of ether oxygens (including phenoxy) is 1. The third-order valence-electron chi connectivity index (χ3n) is 3.25. The van der Waals surface area contributed by atoms with Gasteiger partial charge in [-0.2, -0.15) is 0 Å². The second-order valence-electron chi connectivity index (χ2n) is 4.63. The quantitative estimate of drug-likeness (QED) is 0.706. The number of benzene rings is 2. The van der Waals surface area contributed by atoms with Crippen LogP contribution in [0.3, 0.4) is 0 Å². The Morgan fingerprint density at radius 2 is 2.00 bits per heavy atom. The number of carbonyl (C=O) groups excluding carboxylic acids is 1. The fourth-order valence-electron chi connectivity index (χ4n) is 2.47. The van der Waals surface area contributed by atoms with E-state index < -0.39 is 0 Å². The van der Waals surface area contributed by atoms with Crippen molar-refractivity contribution in [3.8, 4) is 0 Å². The van der Waals surface area contributed by atoms with Crippen LogP contribution >= 0.6 is 0 Å². The van der Waals surface area contributed by atoms with Gasteiger partial charge in [0.25, 0.3) is 0 Å². The van der Waals surface area contributed by atoms with Crippen molar-refractivity contribution < 1.29 is 9.53 Å². The number of rotatable bonds is 2. The Balaban J connectivity index is 2.36. The molecule has 0 atom stereocenters. The Hall–Kier alpha value is -2.29. The Kier molecular flexibility index (Phi) is 2.75. The molecule has 3 nitrogen and oxygen atoms in total.